The first-order valence-electron chi connectivity index (χ1n) is 8.00. The molecule has 2 rings (SSSR count). The summed E-state index contributed by atoms with van der Waals surface area (Å²) in [5.41, 5.74) is 9.10. The summed E-state index contributed by atoms with van der Waals surface area (Å²) >= 11 is 1.21. The number of aryl methyl sites for hydroxylation is 1. The molecule has 3 N–H and O–H groups in total. The summed E-state index contributed by atoms with van der Waals surface area (Å²) in [6.07, 6.45) is 0.935. The molecule has 25 heavy (non-hydrogen) atoms. The van der Waals surface area contributed by atoms with Gasteiger partial charge in [-0.05, 0) is 37.0 Å². The molecule has 2 atom stereocenters. The maximum absolute atomic E-state index is 12.1. The molecule has 6 nitrogen and oxygen atoms in total. The summed E-state index contributed by atoms with van der Waals surface area (Å²) in [5.74, 6) is 0.769. The van der Waals surface area contributed by atoms with Crippen molar-refractivity contribution in [2.24, 2.45) is 11.7 Å². The van der Waals surface area contributed by atoms with Crippen molar-refractivity contribution in [3.05, 3.63) is 35.2 Å². The van der Waals surface area contributed by atoms with Crippen LogP contribution in [0.4, 0.5) is 5.69 Å². The molecule has 2 aromatic rings. The fraction of sp³-hybridized carbons (Fsp3) is 0.471. The Bertz CT molecular complexity index is 708. The van der Waals surface area contributed by atoms with Crippen LogP contribution in [-0.4, -0.2) is 21.9 Å². The summed E-state index contributed by atoms with van der Waals surface area (Å²) in [7, 11) is 0. The third-order valence-electron chi connectivity index (χ3n) is 4.17. The van der Waals surface area contributed by atoms with Crippen molar-refractivity contribution in [1.82, 2.24) is 10.2 Å². The van der Waals surface area contributed by atoms with Gasteiger partial charge in [0.25, 0.3) is 5.22 Å². The molecule has 0 radical (unpaired) electrons. The Balaban J connectivity index is 0.00000312. The maximum atomic E-state index is 12.1. The lowest BCUT2D eigenvalue weighted by Gasteiger charge is -2.13. The molecule has 1 heterocycles. The van der Waals surface area contributed by atoms with Crippen LogP contribution in [0.2, 0.25) is 0 Å². The minimum Gasteiger partial charge on any atom is -0.414 e. The number of rotatable bonds is 7. The number of amides is 1. The van der Waals surface area contributed by atoms with E-state index in [0.717, 1.165) is 23.2 Å². The number of hydrogen-bond acceptors (Lipinski definition) is 6. The molecular weight excluding hydrogens is 360 g/mol. The summed E-state index contributed by atoms with van der Waals surface area (Å²) in [5, 5.41) is 11.2. The molecule has 0 saturated carbocycles. The van der Waals surface area contributed by atoms with Crippen LogP contribution in [0, 0.1) is 19.8 Å². The molecule has 0 aliphatic carbocycles. The highest BCUT2D eigenvalue weighted by Gasteiger charge is 2.20. The highest BCUT2D eigenvalue weighted by molar-refractivity contribution is 7.99. The number of nitrogens with one attached hydrogen (secondary N) is 1. The third kappa shape index (κ3) is 5.73. The van der Waals surface area contributed by atoms with E-state index in [9.17, 15) is 4.79 Å². The highest BCUT2D eigenvalue weighted by atomic mass is 35.5. The highest BCUT2D eigenvalue weighted by Crippen LogP contribution is 2.24. The number of thioether (sulfide) groups is 1. The number of nitrogens with two attached hydrogens (primary N) is 1. The van der Waals surface area contributed by atoms with Crippen molar-refractivity contribution in [3.63, 3.8) is 0 Å². The van der Waals surface area contributed by atoms with E-state index in [2.05, 4.69) is 22.4 Å². The Morgan fingerprint density at radius 1 is 1.36 bits per heavy atom. The van der Waals surface area contributed by atoms with Gasteiger partial charge in [0.1, 0.15) is 0 Å². The van der Waals surface area contributed by atoms with E-state index in [4.69, 9.17) is 10.2 Å². The summed E-state index contributed by atoms with van der Waals surface area (Å²) in [6, 6.07) is 5.55. The standard InChI is InChI=1S/C17H24N4O2S.ClH/c1-5-10(2)15(18)16-20-21-17(23-16)24-9-14(22)19-13-8-6-7-11(3)12(13)4;/h6-8,10,15H,5,9,18H2,1-4H3,(H,19,22);1H/t10?,15-;/m0./s1. The van der Waals surface area contributed by atoms with Crippen molar-refractivity contribution in [3.8, 4) is 0 Å². The number of benzene rings is 1. The van der Waals surface area contributed by atoms with E-state index in [1.165, 1.54) is 11.8 Å². The minimum absolute atomic E-state index is 0. The number of carbonyl (C=O) groups excluding carboxylic acids is 1. The Hall–Kier alpha value is -1.57. The van der Waals surface area contributed by atoms with Gasteiger partial charge in [-0.3, -0.25) is 4.79 Å². The first-order valence-corrected chi connectivity index (χ1v) is 8.98. The molecule has 0 aliphatic rings. The average molecular weight is 385 g/mol. The van der Waals surface area contributed by atoms with Crippen LogP contribution in [0.5, 0.6) is 0 Å². The van der Waals surface area contributed by atoms with Crippen LogP contribution in [0.1, 0.15) is 43.3 Å². The molecule has 0 aliphatic heterocycles. The van der Waals surface area contributed by atoms with Crippen LogP contribution in [0.25, 0.3) is 0 Å². The fourth-order valence-electron chi connectivity index (χ4n) is 2.11. The van der Waals surface area contributed by atoms with Crippen molar-refractivity contribution < 1.29 is 9.21 Å². The van der Waals surface area contributed by atoms with Gasteiger partial charge in [-0.15, -0.1) is 22.6 Å². The van der Waals surface area contributed by atoms with Gasteiger partial charge in [0.15, 0.2) is 0 Å². The van der Waals surface area contributed by atoms with Gasteiger partial charge in [0, 0.05) is 5.69 Å². The Kier molecular flexibility index (Phi) is 8.41. The predicted octanol–water partition coefficient (Wildman–Crippen LogP) is 3.88. The van der Waals surface area contributed by atoms with Crippen LogP contribution >= 0.6 is 24.2 Å². The van der Waals surface area contributed by atoms with Crippen LogP contribution in [0.3, 0.4) is 0 Å². The largest absolute Gasteiger partial charge is 0.414 e. The third-order valence-corrected chi connectivity index (χ3v) is 4.99. The molecule has 1 amide bonds. The summed E-state index contributed by atoms with van der Waals surface area (Å²) < 4.78 is 5.55. The van der Waals surface area contributed by atoms with Gasteiger partial charge in [0.05, 0.1) is 11.8 Å². The van der Waals surface area contributed by atoms with Crippen LogP contribution in [0.15, 0.2) is 27.8 Å². The normalized spacial score (nSPS) is 13.0. The van der Waals surface area contributed by atoms with E-state index in [1.54, 1.807) is 0 Å². The summed E-state index contributed by atoms with van der Waals surface area (Å²) in [6.45, 7) is 8.10. The van der Waals surface area contributed by atoms with Crippen molar-refractivity contribution in [1.29, 1.82) is 0 Å². The first kappa shape index (κ1) is 21.5. The van der Waals surface area contributed by atoms with Crippen molar-refractivity contribution >= 4 is 35.8 Å². The minimum atomic E-state index is -0.277. The predicted molar refractivity (Wildman–Crippen MR) is 103 cm³/mol. The zero-order chi connectivity index (χ0) is 17.7. The fourth-order valence-corrected chi connectivity index (χ4v) is 2.68. The van der Waals surface area contributed by atoms with E-state index in [0.29, 0.717) is 11.1 Å². The molecular formula is C17H25ClN4O2S. The SMILES string of the molecule is CCC(C)[C@H](N)c1nnc(SCC(=O)Nc2cccc(C)c2C)o1.Cl. The van der Waals surface area contributed by atoms with E-state index >= 15 is 0 Å². The number of hydrogen-bond donors (Lipinski definition) is 2. The lowest BCUT2D eigenvalue weighted by molar-refractivity contribution is -0.113. The van der Waals surface area contributed by atoms with Crippen LogP contribution in [-0.2, 0) is 4.79 Å². The molecule has 0 bridgehead atoms. The first-order chi connectivity index (χ1) is 11.4. The smallest absolute Gasteiger partial charge is 0.277 e. The van der Waals surface area contributed by atoms with Crippen molar-refractivity contribution in [2.75, 3.05) is 11.1 Å². The molecule has 1 aromatic heterocycles. The number of halogens is 1. The number of anilines is 1. The molecule has 138 valence electrons. The number of carbonyl (C=O) groups is 1. The van der Waals surface area contributed by atoms with E-state index < -0.39 is 0 Å². The Labute approximate surface area is 158 Å². The lowest BCUT2D eigenvalue weighted by atomic mass is 10.0. The zero-order valence-electron chi connectivity index (χ0n) is 14.9. The second-order valence-electron chi connectivity index (χ2n) is 5.90. The Morgan fingerprint density at radius 2 is 2.08 bits per heavy atom. The van der Waals surface area contributed by atoms with Crippen molar-refractivity contribution in [2.45, 2.75) is 45.4 Å². The molecule has 8 heteroatoms. The van der Waals surface area contributed by atoms with E-state index in [1.807, 2.05) is 39.0 Å². The van der Waals surface area contributed by atoms with Gasteiger partial charge < -0.3 is 15.5 Å². The van der Waals surface area contributed by atoms with Gasteiger partial charge in [-0.2, -0.15) is 0 Å². The zero-order valence-corrected chi connectivity index (χ0v) is 16.5. The second kappa shape index (κ2) is 9.79. The molecule has 0 saturated heterocycles. The maximum Gasteiger partial charge on any atom is 0.277 e. The second-order valence-corrected chi connectivity index (χ2v) is 6.83. The summed E-state index contributed by atoms with van der Waals surface area (Å²) in [4.78, 5) is 12.1. The van der Waals surface area contributed by atoms with Gasteiger partial charge in [-0.1, -0.05) is 44.2 Å². The molecule has 1 aromatic carbocycles. The van der Waals surface area contributed by atoms with E-state index in [-0.39, 0.29) is 36.0 Å². The molecule has 0 fully saturated rings. The number of nitrogens with zero attached hydrogens (tertiary/aromatic N) is 2. The lowest BCUT2D eigenvalue weighted by Crippen LogP contribution is -2.18. The van der Waals surface area contributed by atoms with Gasteiger partial charge in [0.2, 0.25) is 11.8 Å². The molecule has 0 spiro atoms. The number of aromatic nitrogens is 2. The molecule has 1 unspecified atom stereocenters. The monoisotopic (exact) mass is 384 g/mol. The van der Waals surface area contributed by atoms with Crippen LogP contribution < -0.4 is 11.1 Å². The Morgan fingerprint density at radius 3 is 2.76 bits per heavy atom. The van der Waals surface area contributed by atoms with Gasteiger partial charge >= 0.3 is 0 Å². The topological polar surface area (TPSA) is 94.0 Å². The average Bonchev–Trinajstić information content (AvgIpc) is 3.04. The quantitative estimate of drug-likeness (QED) is 0.703. The van der Waals surface area contributed by atoms with Gasteiger partial charge in [-0.25, -0.2) is 0 Å².